The van der Waals surface area contributed by atoms with Gasteiger partial charge in [-0.1, -0.05) is 58.9 Å². The molecule has 4 rings (SSSR count). The molecular formula is C26H24BrN3O5S. The predicted molar refractivity (Wildman–Crippen MR) is 145 cm³/mol. The molecule has 2 N–H and O–H groups in total. The minimum atomic E-state index is -0.442. The van der Waals surface area contributed by atoms with E-state index in [2.05, 4.69) is 45.6 Å². The highest BCUT2D eigenvalue weighted by Gasteiger charge is 2.27. The summed E-state index contributed by atoms with van der Waals surface area (Å²) in [6.07, 6.45) is 2.76. The van der Waals surface area contributed by atoms with E-state index in [0.717, 1.165) is 17.7 Å². The van der Waals surface area contributed by atoms with Crippen LogP contribution in [0.4, 0.5) is 11.4 Å². The lowest BCUT2D eigenvalue weighted by atomic mass is 10.1. The van der Waals surface area contributed by atoms with E-state index in [1.165, 1.54) is 36.6 Å². The van der Waals surface area contributed by atoms with Gasteiger partial charge in [0.15, 0.2) is 17.0 Å². The Hall–Kier alpha value is -3.50. The highest BCUT2D eigenvalue weighted by molar-refractivity contribution is 9.10. The molecule has 0 bridgehead atoms. The average Bonchev–Trinajstić information content (AvgIpc) is 3.22. The first-order valence-corrected chi connectivity index (χ1v) is 12.8. The van der Waals surface area contributed by atoms with Crippen LogP contribution in [-0.4, -0.2) is 23.4 Å². The summed E-state index contributed by atoms with van der Waals surface area (Å²) in [5.74, 6) is 0.778. The van der Waals surface area contributed by atoms with Crippen molar-refractivity contribution in [1.29, 1.82) is 0 Å². The molecule has 0 aliphatic carbocycles. The van der Waals surface area contributed by atoms with Crippen LogP contribution >= 0.6 is 27.7 Å². The molecule has 1 atom stereocenters. The van der Waals surface area contributed by atoms with E-state index in [1.807, 2.05) is 12.1 Å². The van der Waals surface area contributed by atoms with Crippen molar-refractivity contribution in [3.63, 3.8) is 0 Å². The van der Waals surface area contributed by atoms with Gasteiger partial charge in [-0.05, 0) is 53.5 Å². The van der Waals surface area contributed by atoms with Gasteiger partial charge in [-0.2, -0.15) is 0 Å². The van der Waals surface area contributed by atoms with Crippen LogP contribution in [0.15, 0.2) is 70.0 Å². The summed E-state index contributed by atoms with van der Waals surface area (Å²) in [4.78, 5) is 23.7. The van der Waals surface area contributed by atoms with Gasteiger partial charge >= 0.3 is 0 Å². The number of hydrogen-bond acceptors (Lipinski definition) is 7. The van der Waals surface area contributed by atoms with Crippen LogP contribution in [0, 0.1) is 10.1 Å². The maximum atomic E-state index is 12.6. The quantitative estimate of drug-likeness (QED) is 0.182. The molecule has 1 heterocycles. The SMILES string of the molecule is CCc1ccc(N[C@H]2NC(=O)/C(=C/c3cc(OC)c(OCc4cccc([N+](=O)[O-])c4)cc3Br)S2)cc1. The second kappa shape index (κ2) is 11.5. The molecule has 36 heavy (non-hydrogen) atoms. The molecule has 0 saturated carbocycles. The van der Waals surface area contributed by atoms with E-state index >= 15 is 0 Å². The fraction of sp³-hybridized carbons (Fsp3) is 0.192. The first-order valence-electron chi connectivity index (χ1n) is 11.1. The zero-order chi connectivity index (χ0) is 25.7. The summed E-state index contributed by atoms with van der Waals surface area (Å²) >= 11 is 4.95. The number of thioether (sulfide) groups is 1. The van der Waals surface area contributed by atoms with E-state index in [1.54, 1.807) is 30.3 Å². The molecule has 3 aromatic rings. The predicted octanol–water partition coefficient (Wildman–Crippen LogP) is 6.11. The van der Waals surface area contributed by atoms with Crippen LogP contribution in [-0.2, 0) is 17.8 Å². The minimum Gasteiger partial charge on any atom is -0.493 e. The van der Waals surface area contributed by atoms with Crippen molar-refractivity contribution in [3.8, 4) is 11.5 Å². The number of nitrogens with zero attached hydrogens (tertiary/aromatic N) is 1. The van der Waals surface area contributed by atoms with Crippen LogP contribution in [0.5, 0.6) is 11.5 Å². The summed E-state index contributed by atoms with van der Waals surface area (Å²) < 4.78 is 12.1. The van der Waals surface area contributed by atoms with Crippen LogP contribution in [0.2, 0.25) is 0 Å². The van der Waals surface area contributed by atoms with Gasteiger partial charge < -0.3 is 20.1 Å². The zero-order valence-electron chi connectivity index (χ0n) is 19.6. The molecule has 1 amide bonds. The molecule has 0 radical (unpaired) electrons. The number of anilines is 1. The highest BCUT2D eigenvalue weighted by Crippen LogP contribution is 2.37. The Kier molecular flexibility index (Phi) is 8.17. The van der Waals surface area contributed by atoms with E-state index in [0.29, 0.717) is 26.4 Å². The maximum absolute atomic E-state index is 12.6. The second-order valence-electron chi connectivity index (χ2n) is 7.92. The monoisotopic (exact) mass is 569 g/mol. The maximum Gasteiger partial charge on any atom is 0.269 e. The average molecular weight is 570 g/mol. The number of benzene rings is 3. The number of carbonyl (C=O) groups is 1. The van der Waals surface area contributed by atoms with Crippen molar-refractivity contribution in [2.24, 2.45) is 0 Å². The summed E-state index contributed by atoms with van der Waals surface area (Å²) in [6, 6.07) is 17.9. The topological polar surface area (TPSA) is 103 Å². The first kappa shape index (κ1) is 25.6. The molecular weight excluding hydrogens is 546 g/mol. The van der Waals surface area contributed by atoms with E-state index < -0.39 is 4.92 Å². The number of rotatable bonds is 9. The van der Waals surface area contributed by atoms with Gasteiger partial charge in [-0.15, -0.1) is 0 Å². The van der Waals surface area contributed by atoms with Gasteiger partial charge in [0.05, 0.1) is 16.9 Å². The molecule has 1 fully saturated rings. The Balaban J connectivity index is 1.47. The summed E-state index contributed by atoms with van der Waals surface area (Å²) in [6.45, 7) is 2.24. The smallest absolute Gasteiger partial charge is 0.269 e. The van der Waals surface area contributed by atoms with Gasteiger partial charge in [-0.25, -0.2) is 0 Å². The Morgan fingerprint density at radius 3 is 2.61 bits per heavy atom. The number of nitro groups is 1. The fourth-order valence-electron chi connectivity index (χ4n) is 3.55. The van der Waals surface area contributed by atoms with Crippen molar-refractivity contribution >= 4 is 51.0 Å². The fourth-order valence-corrected chi connectivity index (χ4v) is 4.96. The van der Waals surface area contributed by atoms with Crippen LogP contribution in [0.3, 0.4) is 0 Å². The number of aryl methyl sites for hydroxylation is 1. The van der Waals surface area contributed by atoms with Crippen molar-refractivity contribution in [2.45, 2.75) is 25.4 Å². The lowest BCUT2D eigenvalue weighted by Gasteiger charge is -2.13. The van der Waals surface area contributed by atoms with Gasteiger partial charge in [0, 0.05) is 22.3 Å². The summed E-state index contributed by atoms with van der Waals surface area (Å²) in [7, 11) is 1.53. The van der Waals surface area contributed by atoms with E-state index in [4.69, 9.17) is 9.47 Å². The van der Waals surface area contributed by atoms with Gasteiger partial charge in [-0.3, -0.25) is 14.9 Å². The molecule has 1 saturated heterocycles. The van der Waals surface area contributed by atoms with Crippen molar-refractivity contribution in [1.82, 2.24) is 5.32 Å². The Morgan fingerprint density at radius 2 is 1.92 bits per heavy atom. The molecule has 1 aliphatic heterocycles. The van der Waals surface area contributed by atoms with Gasteiger partial charge in [0.25, 0.3) is 11.6 Å². The number of non-ortho nitro benzene ring substituents is 1. The summed E-state index contributed by atoms with van der Waals surface area (Å²) in [5, 5.41) is 17.3. The van der Waals surface area contributed by atoms with Crippen LogP contribution in [0.1, 0.15) is 23.6 Å². The lowest BCUT2D eigenvalue weighted by Crippen LogP contribution is -2.30. The molecule has 3 aromatic carbocycles. The highest BCUT2D eigenvalue weighted by atomic mass is 79.9. The third-order valence-corrected chi connectivity index (χ3v) is 7.19. The van der Waals surface area contributed by atoms with Crippen LogP contribution < -0.4 is 20.1 Å². The number of ether oxygens (including phenoxy) is 2. The van der Waals surface area contributed by atoms with E-state index in [9.17, 15) is 14.9 Å². The normalized spacial score (nSPS) is 16.0. The van der Waals surface area contributed by atoms with Crippen molar-refractivity contribution in [2.75, 3.05) is 12.4 Å². The third-order valence-electron chi connectivity index (χ3n) is 5.48. The number of nitro benzene ring substituents is 1. The number of methoxy groups -OCH3 is 1. The van der Waals surface area contributed by atoms with Gasteiger partial charge in [0.1, 0.15) is 6.61 Å². The molecule has 0 unspecified atom stereocenters. The first-order chi connectivity index (χ1) is 17.4. The number of carbonyl (C=O) groups excluding carboxylic acids is 1. The molecule has 1 aliphatic rings. The lowest BCUT2D eigenvalue weighted by molar-refractivity contribution is -0.384. The molecule has 8 nitrogen and oxygen atoms in total. The second-order valence-corrected chi connectivity index (χ2v) is 9.92. The Labute approximate surface area is 221 Å². The summed E-state index contributed by atoms with van der Waals surface area (Å²) in [5.41, 5.74) is 3.31. The standard InChI is InChI=1S/C26H24BrN3O5S/c1-3-16-7-9-19(10-8-16)28-26-29-25(31)24(36-26)13-18-12-22(34-2)23(14-21(18)27)35-15-17-5-4-6-20(11-17)30(32)33/h4-14,26,28H,3,15H2,1-2H3,(H,29,31)/b24-13-/t26-/m0/s1. The van der Waals surface area contributed by atoms with E-state index in [-0.39, 0.29) is 23.7 Å². The largest absolute Gasteiger partial charge is 0.493 e. The number of halogens is 1. The Bertz CT molecular complexity index is 1310. The molecule has 0 spiro atoms. The number of nitrogens with one attached hydrogen (secondary N) is 2. The van der Waals surface area contributed by atoms with Crippen molar-refractivity contribution in [3.05, 3.63) is 96.8 Å². The third kappa shape index (κ3) is 6.19. The Morgan fingerprint density at radius 1 is 1.14 bits per heavy atom. The number of hydrogen-bond donors (Lipinski definition) is 2. The zero-order valence-corrected chi connectivity index (χ0v) is 22.0. The van der Waals surface area contributed by atoms with Gasteiger partial charge in [0.2, 0.25) is 0 Å². The minimum absolute atomic E-state index is 0.00401. The molecule has 10 heteroatoms. The molecule has 186 valence electrons. The molecule has 0 aromatic heterocycles. The van der Waals surface area contributed by atoms with Crippen LogP contribution in [0.25, 0.3) is 6.08 Å². The van der Waals surface area contributed by atoms with Crippen molar-refractivity contribution < 1.29 is 19.2 Å². The number of amides is 1.